The minimum absolute atomic E-state index is 0.0733. The Bertz CT molecular complexity index is 1190. The molecule has 35 heavy (non-hydrogen) atoms. The Kier molecular flexibility index (Phi) is 6.95. The van der Waals surface area contributed by atoms with E-state index in [1.807, 2.05) is 48.2 Å². The summed E-state index contributed by atoms with van der Waals surface area (Å²) in [6.45, 7) is 7.11. The van der Waals surface area contributed by atoms with Crippen molar-refractivity contribution in [1.82, 2.24) is 20.0 Å². The van der Waals surface area contributed by atoms with Crippen LogP contribution in [-0.2, 0) is 4.74 Å². The minimum atomic E-state index is -0.355. The van der Waals surface area contributed by atoms with Crippen molar-refractivity contribution in [2.75, 3.05) is 46.0 Å². The number of morpholine rings is 1. The number of aromatic amines is 1. The molecule has 1 atom stereocenters. The highest BCUT2D eigenvalue weighted by Gasteiger charge is 2.42. The predicted octanol–water partition coefficient (Wildman–Crippen LogP) is 4.10. The lowest BCUT2D eigenvalue weighted by atomic mass is 9.95. The van der Waals surface area contributed by atoms with Gasteiger partial charge in [0.2, 0.25) is 0 Å². The van der Waals surface area contributed by atoms with Gasteiger partial charge >= 0.3 is 0 Å². The molecule has 0 aliphatic carbocycles. The highest BCUT2D eigenvalue weighted by molar-refractivity contribution is 6.30. The van der Waals surface area contributed by atoms with Crippen molar-refractivity contribution in [1.29, 1.82) is 0 Å². The van der Waals surface area contributed by atoms with Gasteiger partial charge in [-0.1, -0.05) is 29.8 Å². The number of hydrogen-bond donors (Lipinski definition) is 2. The Labute approximate surface area is 209 Å². The molecule has 0 saturated carbocycles. The molecule has 0 bridgehead atoms. The van der Waals surface area contributed by atoms with E-state index in [0.29, 0.717) is 29.6 Å². The van der Waals surface area contributed by atoms with E-state index in [-0.39, 0.29) is 17.7 Å². The molecule has 8 nitrogen and oxygen atoms in total. The van der Waals surface area contributed by atoms with Crippen molar-refractivity contribution < 1.29 is 19.4 Å². The summed E-state index contributed by atoms with van der Waals surface area (Å²) in [5.74, 6) is 0.394. The topological polar surface area (TPSA) is 90.9 Å². The average molecular weight is 497 g/mol. The van der Waals surface area contributed by atoms with Crippen molar-refractivity contribution in [3.8, 4) is 22.8 Å². The molecule has 1 saturated heterocycles. The van der Waals surface area contributed by atoms with E-state index in [4.69, 9.17) is 21.1 Å². The number of rotatable bonds is 8. The lowest BCUT2D eigenvalue weighted by Gasteiger charge is -2.30. The number of hydrogen-bond acceptors (Lipinski definition) is 6. The average Bonchev–Trinajstić information content (AvgIpc) is 3.41. The van der Waals surface area contributed by atoms with Crippen molar-refractivity contribution >= 4 is 17.5 Å². The number of ether oxygens (including phenoxy) is 2. The third-order valence-electron chi connectivity index (χ3n) is 6.56. The maximum absolute atomic E-state index is 13.6. The number of aromatic nitrogens is 2. The number of nitrogens with zero attached hydrogens (tertiary/aromatic N) is 3. The van der Waals surface area contributed by atoms with Crippen molar-refractivity contribution in [3.05, 3.63) is 64.3 Å². The van der Waals surface area contributed by atoms with E-state index >= 15 is 0 Å². The molecule has 0 radical (unpaired) electrons. The molecule has 1 fully saturated rings. The predicted molar refractivity (Wildman–Crippen MR) is 133 cm³/mol. The summed E-state index contributed by atoms with van der Waals surface area (Å²) < 4.78 is 11.1. The van der Waals surface area contributed by atoms with Gasteiger partial charge in [-0.3, -0.25) is 14.8 Å². The summed E-state index contributed by atoms with van der Waals surface area (Å²) >= 11 is 6.10. The Hall–Kier alpha value is -3.07. The molecule has 0 spiro atoms. The van der Waals surface area contributed by atoms with E-state index in [0.717, 1.165) is 61.7 Å². The summed E-state index contributed by atoms with van der Waals surface area (Å²) in [7, 11) is 0. The van der Waals surface area contributed by atoms with E-state index in [1.165, 1.54) is 0 Å². The quantitative estimate of drug-likeness (QED) is 0.488. The first-order valence-corrected chi connectivity index (χ1v) is 12.4. The van der Waals surface area contributed by atoms with Crippen LogP contribution in [0.15, 0.2) is 42.5 Å². The van der Waals surface area contributed by atoms with E-state index in [1.54, 1.807) is 6.07 Å². The van der Waals surface area contributed by atoms with Gasteiger partial charge in [0.05, 0.1) is 31.6 Å². The fraction of sp³-hybridized carbons (Fsp3) is 0.385. The maximum Gasteiger partial charge on any atom is 0.273 e. The molecule has 5 rings (SSSR count). The Morgan fingerprint density at radius 3 is 2.69 bits per heavy atom. The zero-order chi connectivity index (χ0) is 24.4. The van der Waals surface area contributed by atoms with Crippen LogP contribution in [0.5, 0.6) is 11.5 Å². The number of aromatic hydroxyl groups is 1. The van der Waals surface area contributed by atoms with Gasteiger partial charge in [-0.2, -0.15) is 5.10 Å². The molecule has 2 aliphatic heterocycles. The molecule has 3 aromatic rings. The summed E-state index contributed by atoms with van der Waals surface area (Å²) in [6, 6.07) is 12.4. The summed E-state index contributed by atoms with van der Waals surface area (Å²) in [5, 5.41) is 18.4. The number of H-pyrrole nitrogens is 1. The van der Waals surface area contributed by atoms with Crippen LogP contribution in [0, 0.1) is 0 Å². The van der Waals surface area contributed by atoms with Gasteiger partial charge in [0.1, 0.15) is 5.69 Å². The summed E-state index contributed by atoms with van der Waals surface area (Å²) in [4.78, 5) is 17.8. The second-order valence-electron chi connectivity index (χ2n) is 8.74. The van der Waals surface area contributed by atoms with Crippen LogP contribution in [0.3, 0.4) is 0 Å². The van der Waals surface area contributed by atoms with Crippen molar-refractivity contribution in [3.63, 3.8) is 0 Å². The van der Waals surface area contributed by atoms with Crippen LogP contribution in [0.4, 0.5) is 0 Å². The zero-order valence-electron chi connectivity index (χ0n) is 19.7. The molecule has 9 heteroatoms. The maximum atomic E-state index is 13.6. The Balaban J connectivity index is 1.50. The molecule has 2 aliphatic rings. The lowest BCUT2D eigenvalue weighted by molar-refractivity contribution is 0.0354. The highest BCUT2D eigenvalue weighted by Crippen LogP contribution is 2.44. The van der Waals surface area contributed by atoms with Crippen molar-refractivity contribution in [2.45, 2.75) is 19.4 Å². The smallest absolute Gasteiger partial charge is 0.273 e. The van der Waals surface area contributed by atoms with Crippen LogP contribution in [0.1, 0.15) is 41.0 Å². The minimum Gasteiger partial charge on any atom is -0.504 e. The van der Waals surface area contributed by atoms with Crippen LogP contribution < -0.4 is 4.74 Å². The first-order valence-electron chi connectivity index (χ1n) is 12.0. The molecular formula is C26H29ClN4O4. The van der Waals surface area contributed by atoms with E-state index in [9.17, 15) is 9.90 Å². The number of nitrogens with one attached hydrogen (secondary N) is 1. The molecule has 2 aromatic carbocycles. The van der Waals surface area contributed by atoms with E-state index < -0.39 is 0 Å². The largest absolute Gasteiger partial charge is 0.504 e. The molecule has 1 aromatic heterocycles. The van der Waals surface area contributed by atoms with Gasteiger partial charge < -0.3 is 19.5 Å². The normalized spacial score (nSPS) is 18.2. The zero-order valence-corrected chi connectivity index (χ0v) is 20.4. The lowest BCUT2D eigenvalue weighted by Crippen LogP contribution is -2.38. The van der Waals surface area contributed by atoms with Crippen LogP contribution >= 0.6 is 11.6 Å². The van der Waals surface area contributed by atoms with E-state index in [2.05, 4.69) is 15.1 Å². The SMILES string of the molecule is CCOc1cc(C2c3c(-c4ccc(Cl)cc4)n[nH]c3C(=O)N2CCCN2CCOCC2)ccc1O. The fourth-order valence-corrected chi connectivity index (χ4v) is 4.99. The van der Waals surface area contributed by atoms with Gasteiger partial charge in [0.25, 0.3) is 5.91 Å². The van der Waals surface area contributed by atoms with Crippen LogP contribution in [0.2, 0.25) is 5.02 Å². The number of phenols is 1. The second kappa shape index (κ2) is 10.3. The summed E-state index contributed by atoms with van der Waals surface area (Å²) in [5.41, 5.74) is 3.79. The number of benzene rings is 2. The number of carbonyl (C=O) groups excluding carboxylic acids is 1. The third kappa shape index (κ3) is 4.74. The molecular weight excluding hydrogens is 468 g/mol. The molecule has 1 unspecified atom stereocenters. The first kappa shape index (κ1) is 23.7. The van der Waals surface area contributed by atoms with Crippen LogP contribution in [-0.4, -0.2) is 77.0 Å². The third-order valence-corrected chi connectivity index (χ3v) is 6.81. The number of amides is 1. The van der Waals surface area contributed by atoms with Crippen LogP contribution in [0.25, 0.3) is 11.3 Å². The number of fused-ring (bicyclic) bond motifs is 1. The monoisotopic (exact) mass is 496 g/mol. The van der Waals surface area contributed by atoms with Crippen molar-refractivity contribution in [2.24, 2.45) is 0 Å². The second-order valence-corrected chi connectivity index (χ2v) is 9.17. The standard InChI is InChI=1S/C26H29ClN4O4/c1-2-35-21-16-18(6-9-20(21)32)25-22-23(17-4-7-19(27)8-5-17)28-29-24(22)26(33)31(25)11-3-10-30-12-14-34-15-13-30/h4-9,16,25,32H,2-3,10-15H2,1H3,(H,28,29). The highest BCUT2D eigenvalue weighted by atomic mass is 35.5. The molecule has 1 amide bonds. The fourth-order valence-electron chi connectivity index (χ4n) is 4.86. The number of halogens is 1. The van der Waals surface area contributed by atoms with Gasteiger partial charge in [-0.25, -0.2) is 0 Å². The molecule has 184 valence electrons. The Morgan fingerprint density at radius 2 is 1.94 bits per heavy atom. The number of carbonyl (C=O) groups is 1. The summed E-state index contributed by atoms with van der Waals surface area (Å²) in [6.07, 6.45) is 0.840. The number of phenolic OH excluding ortho intramolecular Hbond substituents is 1. The molecule has 2 N–H and O–H groups in total. The Morgan fingerprint density at radius 1 is 1.17 bits per heavy atom. The van der Waals surface area contributed by atoms with Gasteiger partial charge in [0, 0.05) is 42.3 Å². The van der Waals surface area contributed by atoms with Gasteiger partial charge in [-0.05, 0) is 43.2 Å². The van der Waals surface area contributed by atoms with Gasteiger partial charge in [0.15, 0.2) is 11.5 Å². The van der Waals surface area contributed by atoms with Gasteiger partial charge in [-0.15, -0.1) is 0 Å². The first-order chi connectivity index (χ1) is 17.1. The molecule has 3 heterocycles.